The second-order valence-electron chi connectivity index (χ2n) is 5.99. The van der Waals surface area contributed by atoms with E-state index in [0.717, 1.165) is 5.56 Å². The minimum atomic E-state index is -0.982. The van der Waals surface area contributed by atoms with Gasteiger partial charge in [-0.2, -0.15) is 0 Å². The molecule has 0 fully saturated rings. The molecule has 0 spiro atoms. The van der Waals surface area contributed by atoms with Gasteiger partial charge in [-0.25, -0.2) is 4.79 Å². The van der Waals surface area contributed by atoms with Crippen LogP contribution in [-0.2, 0) is 11.4 Å². The first-order valence-electron chi connectivity index (χ1n) is 8.42. The van der Waals surface area contributed by atoms with Crippen LogP contribution in [0.1, 0.15) is 21.6 Å². The molecule has 0 radical (unpaired) electrons. The number of ether oxygens (including phenoxy) is 2. The summed E-state index contributed by atoms with van der Waals surface area (Å²) in [6, 6.07) is 17.1. The molecule has 0 bridgehead atoms. The van der Waals surface area contributed by atoms with Crippen molar-refractivity contribution in [2.75, 3.05) is 7.11 Å². The molecule has 0 atom stereocenters. The summed E-state index contributed by atoms with van der Waals surface area (Å²) in [5, 5.41) is 11.5. The summed E-state index contributed by atoms with van der Waals surface area (Å²) in [4.78, 5) is 12.4. The molecule has 1 aromatic heterocycles. The van der Waals surface area contributed by atoms with Gasteiger partial charge >= 0.3 is 5.97 Å². The van der Waals surface area contributed by atoms with Crippen molar-refractivity contribution in [2.24, 2.45) is 0 Å². The first-order chi connectivity index (χ1) is 13.1. The number of carbonyl (C=O) groups is 1. The van der Waals surface area contributed by atoms with Gasteiger partial charge in [-0.05, 0) is 36.1 Å². The highest BCUT2D eigenvalue weighted by atomic mass is 32.1. The Kier molecular flexibility index (Phi) is 5.94. The topological polar surface area (TPSA) is 55.8 Å². The summed E-state index contributed by atoms with van der Waals surface area (Å²) in [7, 11) is 1.57. The summed E-state index contributed by atoms with van der Waals surface area (Å²) >= 11 is 1.38. The van der Waals surface area contributed by atoms with Crippen LogP contribution < -0.4 is 9.47 Å². The number of thiophene rings is 1. The Bertz CT molecular complexity index is 941. The number of carboxylic acids is 1. The zero-order valence-electron chi connectivity index (χ0n) is 15.1. The van der Waals surface area contributed by atoms with E-state index in [4.69, 9.17) is 9.47 Å². The largest absolute Gasteiger partial charge is 0.493 e. The monoisotopic (exact) mass is 380 g/mol. The standard InChI is InChI=1S/C22H20O4S/c1-15-8-10-16(11-9-15)14-26-21-17(5-3-6-19(21)25-2)13-18(22(23)24)20-7-4-12-27-20/h3-13H,14H2,1-2H3,(H,23,24)/b18-13-. The second-order valence-corrected chi connectivity index (χ2v) is 6.94. The Hall–Kier alpha value is -3.05. The normalized spacial score (nSPS) is 11.3. The third-order valence-electron chi connectivity index (χ3n) is 4.05. The number of aliphatic carboxylic acids is 1. The van der Waals surface area contributed by atoms with E-state index in [-0.39, 0.29) is 5.57 Å². The number of benzene rings is 2. The maximum Gasteiger partial charge on any atom is 0.337 e. The summed E-state index contributed by atoms with van der Waals surface area (Å²) in [5.41, 5.74) is 3.09. The van der Waals surface area contributed by atoms with Crippen LogP contribution in [0.25, 0.3) is 11.6 Å². The lowest BCUT2D eigenvalue weighted by atomic mass is 10.1. The van der Waals surface area contributed by atoms with Crippen molar-refractivity contribution in [1.29, 1.82) is 0 Å². The molecule has 27 heavy (non-hydrogen) atoms. The fourth-order valence-corrected chi connectivity index (χ4v) is 3.36. The van der Waals surface area contributed by atoms with Crippen molar-refractivity contribution in [2.45, 2.75) is 13.5 Å². The molecule has 0 unspecified atom stereocenters. The maximum absolute atomic E-state index is 11.7. The highest BCUT2D eigenvalue weighted by Gasteiger charge is 2.15. The third kappa shape index (κ3) is 4.57. The van der Waals surface area contributed by atoms with Crippen LogP contribution in [0.15, 0.2) is 60.0 Å². The lowest BCUT2D eigenvalue weighted by Crippen LogP contribution is -2.01. The number of hydrogen-bond donors (Lipinski definition) is 1. The van der Waals surface area contributed by atoms with Gasteiger partial charge in [0.1, 0.15) is 6.61 Å². The Balaban J connectivity index is 1.96. The quantitative estimate of drug-likeness (QED) is 0.567. The molecule has 138 valence electrons. The van der Waals surface area contributed by atoms with Gasteiger partial charge in [0.05, 0.1) is 12.7 Å². The molecule has 0 aliphatic carbocycles. The highest BCUT2D eigenvalue weighted by Crippen LogP contribution is 2.35. The summed E-state index contributed by atoms with van der Waals surface area (Å²) in [6.45, 7) is 2.40. The average Bonchev–Trinajstić information content (AvgIpc) is 3.20. The van der Waals surface area contributed by atoms with E-state index in [0.29, 0.717) is 28.5 Å². The molecule has 0 aliphatic heterocycles. The van der Waals surface area contributed by atoms with Crippen molar-refractivity contribution in [3.05, 3.63) is 81.5 Å². The van der Waals surface area contributed by atoms with E-state index < -0.39 is 5.97 Å². The van der Waals surface area contributed by atoms with Gasteiger partial charge in [-0.1, -0.05) is 48.0 Å². The van der Waals surface area contributed by atoms with Crippen LogP contribution in [0.4, 0.5) is 0 Å². The Morgan fingerprint density at radius 1 is 1.11 bits per heavy atom. The van der Waals surface area contributed by atoms with Gasteiger partial charge in [0.2, 0.25) is 0 Å². The Morgan fingerprint density at radius 3 is 2.52 bits per heavy atom. The predicted octanol–water partition coefficient (Wildman–Crippen LogP) is 5.27. The molecule has 5 heteroatoms. The van der Waals surface area contributed by atoms with E-state index in [1.807, 2.05) is 54.8 Å². The minimum Gasteiger partial charge on any atom is -0.493 e. The van der Waals surface area contributed by atoms with Crippen LogP contribution in [-0.4, -0.2) is 18.2 Å². The van der Waals surface area contributed by atoms with Crippen LogP contribution >= 0.6 is 11.3 Å². The van der Waals surface area contributed by atoms with Gasteiger partial charge in [0.15, 0.2) is 11.5 Å². The zero-order chi connectivity index (χ0) is 19.2. The number of para-hydroxylation sites is 1. The fraction of sp³-hybridized carbons (Fsp3) is 0.136. The van der Waals surface area contributed by atoms with Gasteiger partial charge in [-0.3, -0.25) is 0 Å². The molecule has 2 aromatic carbocycles. The van der Waals surface area contributed by atoms with E-state index in [1.165, 1.54) is 16.9 Å². The average molecular weight is 380 g/mol. The number of methoxy groups -OCH3 is 1. The Labute approximate surface area is 162 Å². The maximum atomic E-state index is 11.7. The molecule has 4 nitrogen and oxygen atoms in total. The molecule has 1 heterocycles. The zero-order valence-corrected chi connectivity index (χ0v) is 16.0. The van der Waals surface area contributed by atoms with E-state index in [2.05, 4.69) is 0 Å². The lowest BCUT2D eigenvalue weighted by Gasteiger charge is -2.14. The summed E-state index contributed by atoms with van der Waals surface area (Å²) < 4.78 is 11.5. The molecular weight excluding hydrogens is 360 g/mol. The SMILES string of the molecule is COc1cccc(/C=C(\C(=O)O)c2cccs2)c1OCc1ccc(C)cc1. The molecule has 3 rings (SSSR count). The summed E-state index contributed by atoms with van der Waals surface area (Å²) in [5.74, 6) is 0.104. The predicted molar refractivity (Wildman–Crippen MR) is 108 cm³/mol. The van der Waals surface area contributed by atoms with Crippen LogP contribution in [0.2, 0.25) is 0 Å². The molecule has 0 saturated carbocycles. The second kappa shape index (κ2) is 8.56. The highest BCUT2D eigenvalue weighted by molar-refractivity contribution is 7.11. The van der Waals surface area contributed by atoms with E-state index >= 15 is 0 Å². The smallest absolute Gasteiger partial charge is 0.337 e. The minimum absolute atomic E-state index is 0.221. The Morgan fingerprint density at radius 2 is 1.89 bits per heavy atom. The molecule has 1 N–H and O–H groups in total. The molecule has 0 aliphatic rings. The number of rotatable bonds is 7. The van der Waals surface area contributed by atoms with Gasteiger partial charge < -0.3 is 14.6 Å². The van der Waals surface area contributed by atoms with Gasteiger partial charge in [0, 0.05) is 10.4 Å². The van der Waals surface area contributed by atoms with Crippen molar-refractivity contribution in [3.63, 3.8) is 0 Å². The number of carboxylic acid groups (broad SMARTS) is 1. The summed E-state index contributed by atoms with van der Waals surface area (Å²) in [6.07, 6.45) is 1.63. The fourth-order valence-electron chi connectivity index (χ4n) is 2.63. The molecule has 0 saturated heterocycles. The number of hydrogen-bond acceptors (Lipinski definition) is 4. The molecule has 3 aromatic rings. The van der Waals surface area contributed by atoms with Crippen LogP contribution in [0.5, 0.6) is 11.5 Å². The van der Waals surface area contributed by atoms with Crippen molar-refractivity contribution >= 4 is 29.0 Å². The lowest BCUT2D eigenvalue weighted by molar-refractivity contribution is -0.130. The van der Waals surface area contributed by atoms with Gasteiger partial charge in [-0.15, -0.1) is 11.3 Å². The van der Waals surface area contributed by atoms with E-state index in [9.17, 15) is 9.90 Å². The van der Waals surface area contributed by atoms with Gasteiger partial charge in [0.25, 0.3) is 0 Å². The van der Waals surface area contributed by atoms with Crippen molar-refractivity contribution < 1.29 is 19.4 Å². The van der Waals surface area contributed by atoms with Crippen LogP contribution in [0.3, 0.4) is 0 Å². The number of aryl methyl sites for hydroxylation is 1. The van der Waals surface area contributed by atoms with Crippen molar-refractivity contribution in [3.8, 4) is 11.5 Å². The molecular formula is C22H20O4S. The first-order valence-corrected chi connectivity index (χ1v) is 9.30. The van der Waals surface area contributed by atoms with Crippen molar-refractivity contribution in [1.82, 2.24) is 0 Å². The van der Waals surface area contributed by atoms with E-state index in [1.54, 1.807) is 25.3 Å². The first kappa shape index (κ1) is 18.7. The molecule has 0 amide bonds. The van der Waals surface area contributed by atoms with Crippen LogP contribution in [0, 0.1) is 6.92 Å². The third-order valence-corrected chi connectivity index (χ3v) is 4.95.